The SMILES string of the molecule is N/N=C(\NN)c1cc2occ(C(=O)Nc3ccc(OCc4cc(F)c(Cl)cc4F)cc3)c2cc1F. The van der Waals surface area contributed by atoms with Crippen LogP contribution in [0.15, 0.2) is 64.3 Å². The van der Waals surface area contributed by atoms with Gasteiger partial charge in [-0.1, -0.05) is 11.6 Å². The Bertz CT molecular complexity index is 1440. The number of furan rings is 1. The van der Waals surface area contributed by atoms with Crippen LogP contribution in [0.2, 0.25) is 5.02 Å². The van der Waals surface area contributed by atoms with Crippen molar-refractivity contribution in [1.82, 2.24) is 5.43 Å². The maximum atomic E-state index is 14.5. The Morgan fingerprint density at radius 2 is 1.77 bits per heavy atom. The Morgan fingerprint density at radius 3 is 2.46 bits per heavy atom. The van der Waals surface area contributed by atoms with Gasteiger partial charge in [0.2, 0.25) is 0 Å². The zero-order valence-electron chi connectivity index (χ0n) is 17.7. The third-order valence-electron chi connectivity index (χ3n) is 5.02. The highest BCUT2D eigenvalue weighted by Crippen LogP contribution is 2.27. The van der Waals surface area contributed by atoms with Gasteiger partial charge in [-0.2, -0.15) is 5.10 Å². The summed E-state index contributed by atoms with van der Waals surface area (Å²) in [6.45, 7) is -0.226. The van der Waals surface area contributed by atoms with Gasteiger partial charge < -0.3 is 25.7 Å². The van der Waals surface area contributed by atoms with E-state index in [4.69, 9.17) is 32.4 Å². The summed E-state index contributed by atoms with van der Waals surface area (Å²) in [5.74, 6) is 8.01. The highest BCUT2D eigenvalue weighted by molar-refractivity contribution is 6.30. The van der Waals surface area contributed by atoms with E-state index in [1.165, 1.54) is 24.5 Å². The second kappa shape index (κ2) is 9.95. The van der Waals surface area contributed by atoms with Gasteiger partial charge in [0.15, 0.2) is 5.84 Å². The number of hydrazine groups is 1. The number of fused-ring (bicyclic) bond motifs is 1. The highest BCUT2D eigenvalue weighted by Gasteiger charge is 2.19. The molecule has 0 unspecified atom stereocenters. The number of hydrogen-bond acceptors (Lipinski definition) is 6. The van der Waals surface area contributed by atoms with E-state index in [1.54, 1.807) is 12.1 Å². The van der Waals surface area contributed by atoms with Gasteiger partial charge in [0, 0.05) is 16.6 Å². The lowest BCUT2D eigenvalue weighted by atomic mass is 10.1. The fraction of sp³-hybridized carbons (Fsp3) is 0.0435. The van der Waals surface area contributed by atoms with E-state index < -0.39 is 23.4 Å². The predicted molar refractivity (Wildman–Crippen MR) is 124 cm³/mol. The summed E-state index contributed by atoms with van der Waals surface area (Å²) >= 11 is 5.54. The van der Waals surface area contributed by atoms with Crippen LogP contribution in [0, 0.1) is 17.5 Å². The maximum Gasteiger partial charge on any atom is 0.259 e. The molecular formula is C23H17ClF3N5O3. The van der Waals surface area contributed by atoms with Crippen molar-refractivity contribution in [3.63, 3.8) is 0 Å². The summed E-state index contributed by atoms with van der Waals surface area (Å²) in [6, 6.07) is 10.4. The zero-order valence-corrected chi connectivity index (χ0v) is 18.5. The smallest absolute Gasteiger partial charge is 0.259 e. The van der Waals surface area contributed by atoms with Crippen LogP contribution in [0.4, 0.5) is 18.9 Å². The van der Waals surface area contributed by atoms with Crippen molar-refractivity contribution in [2.24, 2.45) is 16.8 Å². The lowest BCUT2D eigenvalue weighted by Gasteiger charge is -2.09. The molecule has 12 heteroatoms. The van der Waals surface area contributed by atoms with Crippen LogP contribution in [-0.4, -0.2) is 11.7 Å². The van der Waals surface area contributed by atoms with Crippen LogP contribution in [0.5, 0.6) is 5.75 Å². The molecule has 0 fully saturated rings. The van der Waals surface area contributed by atoms with E-state index >= 15 is 0 Å². The Morgan fingerprint density at radius 1 is 1.03 bits per heavy atom. The number of hydrazone groups is 1. The van der Waals surface area contributed by atoms with Crippen LogP contribution < -0.4 is 27.2 Å². The predicted octanol–water partition coefficient (Wildman–Crippen LogP) is 4.42. The van der Waals surface area contributed by atoms with Gasteiger partial charge in [-0.15, -0.1) is 0 Å². The van der Waals surface area contributed by atoms with E-state index in [2.05, 4.69) is 15.8 Å². The number of anilines is 1. The first kappa shape index (κ1) is 23.9. The number of amidine groups is 1. The van der Waals surface area contributed by atoms with Crippen molar-refractivity contribution in [2.45, 2.75) is 6.61 Å². The Balaban J connectivity index is 1.46. The number of carbonyl (C=O) groups is 1. The summed E-state index contributed by atoms with van der Waals surface area (Å²) in [4.78, 5) is 12.7. The first-order valence-corrected chi connectivity index (χ1v) is 10.3. The minimum absolute atomic E-state index is 0.00129. The molecule has 180 valence electrons. The molecule has 4 aromatic rings. The van der Waals surface area contributed by atoms with Crippen molar-refractivity contribution in [3.05, 3.63) is 94.0 Å². The Hall–Kier alpha value is -4.22. The van der Waals surface area contributed by atoms with Gasteiger partial charge in [0.05, 0.1) is 16.1 Å². The number of hydrogen-bond donors (Lipinski definition) is 4. The van der Waals surface area contributed by atoms with Crippen LogP contribution in [0.3, 0.4) is 0 Å². The summed E-state index contributed by atoms with van der Waals surface area (Å²) in [6.07, 6.45) is 1.19. The number of nitrogens with one attached hydrogen (secondary N) is 2. The molecule has 1 heterocycles. The average Bonchev–Trinajstić information content (AvgIpc) is 3.25. The van der Waals surface area contributed by atoms with Gasteiger partial charge in [0.1, 0.15) is 41.7 Å². The molecule has 1 aromatic heterocycles. The molecule has 3 aromatic carbocycles. The molecule has 0 radical (unpaired) electrons. The summed E-state index contributed by atoms with van der Waals surface area (Å²) in [5.41, 5.74) is 2.87. The molecule has 0 aliphatic rings. The lowest BCUT2D eigenvalue weighted by Crippen LogP contribution is -2.32. The molecule has 35 heavy (non-hydrogen) atoms. The van der Waals surface area contributed by atoms with E-state index in [-0.39, 0.29) is 45.1 Å². The van der Waals surface area contributed by atoms with E-state index in [0.29, 0.717) is 11.4 Å². The third kappa shape index (κ3) is 5.00. The number of amides is 1. The molecule has 4 rings (SSSR count). The molecule has 0 bridgehead atoms. The van der Waals surface area contributed by atoms with Crippen molar-refractivity contribution >= 4 is 40.0 Å². The van der Waals surface area contributed by atoms with Gasteiger partial charge in [-0.3, -0.25) is 4.79 Å². The molecule has 8 nitrogen and oxygen atoms in total. The quantitative estimate of drug-likeness (QED) is 0.101. The topological polar surface area (TPSA) is 128 Å². The molecule has 0 aliphatic carbocycles. The van der Waals surface area contributed by atoms with Gasteiger partial charge in [-0.25, -0.2) is 19.0 Å². The van der Waals surface area contributed by atoms with Crippen molar-refractivity contribution in [1.29, 1.82) is 0 Å². The molecule has 0 atom stereocenters. The Kier molecular flexibility index (Phi) is 6.80. The zero-order chi connectivity index (χ0) is 25.1. The van der Waals surface area contributed by atoms with Crippen LogP contribution >= 0.6 is 11.6 Å². The van der Waals surface area contributed by atoms with Gasteiger partial charge in [0.25, 0.3) is 5.91 Å². The minimum Gasteiger partial charge on any atom is -0.489 e. The largest absolute Gasteiger partial charge is 0.489 e. The van der Waals surface area contributed by atoms with Gasteiger partial charge in [-0.05, 0) is 48.5 Å². The second-order valence-electron chi connectivity index (χ2n) is 7.22. The fourth-order valence-electron chi connectivity index (χ4n) is 3.26. The number of nitrogens with two attached hydrogens (primary N) is 2. The van der Waals surface area contributed by atoms with Crippen molar-refractivity contribution in [3.8, 4) is 5.75 Å². The standard InChI is InChI=1S/C23H17ClF3N5O3/c24-17-8-18(25)11(5-20(17)27)9-34-13-3-1-12(2-4-13)30-23(33)16-10-35-21-7-15(22(31-28)32-29)19(26)6-14(16)21/h1-8,10H,9,28-29H2,(H,30,33)(H,31,32). The number of benzene rings is 3. The summed E-state index contributed by atoms with van der Waals surface area (Å²) in [7, 11) is 0. The normalized spacial score (nSPS) is 11.5. The highest BCUT2D eigenvalue weighted by atomic mass is 35.5. The molecule has 1 amide bonds. The van der Waals surface area contributed by atoms with Crippen molar-refractivity contribution in [2.75, 3.05) is 5.32 Å². The minimum atomic E-state index is -0.753. The van der Waals surface area contributed by atoms with Crippen LogP contribution in [0.25, 0.3) is 11.0 Å². The first-order valence-electron chi connectivity index (χ1n) is 9.94. The van der Waals surface area contributed by atoms with Gasteiger partial charge >= 0.3 is 0 Å². The fourth-order valence-corrected chi connectivity index (χ4v) is 3.41. The average molecular weight is 504 g/mol. The number of ether oxygens (including phenoxy) is 1. The second-order valence-corrected chi connectivity index (χ2v) is 7.63. The first-order chi connectivity index (χ1) is 16.8. The van der Waals surface area contributed by atoms with E-state index in [9.17, 15) is 18.0 Å². The summed E-state index contributed by atoms with van der Waals surface area (Å²) in [5, 5.41) is 5.94. The molecule has 6 N–H and O–H groups in total. The van der Waals surface area contributed by atoms with E-state index in [1.807, 2.05) is 0 Å². The molecule has 0 spiro atoms. The van der Waals surface area contributed by atoms with E-state index in [0.717, 1.165) is 18.2 Å². The summed E-state index contributed by atoms with van der Waals surface area (Å²) < 4.78 is 52.8. The van der Waals surface area contributed by atoms with Crippen molar-refractivity contribution < 1.29 is 27.1 Å². The lowest BCUT2D eigenvalue weighted by molar-refractivity contribution is 0.102. The molecule has 0 saturated heterocycles. The number of carbonyl (C=O) groups excluding carboxylic acids is 1. The molecule has 0 saturated carbocycles. The Labute approximate surface area is 201 Å². The van der Waals surface area contributed by atoms with Crippen LogP contribution in [-0.2, 0) is 6.61 Å². The maximum absolute atomic E-state index is 14.5. The molecule has 0 aliphatic heterocycles. The number of nitrogens with zero attached hydrogens (tertiary/aromatic N) is 1. The molecular weight excluding hydrogens is 487 g/mol. The monoisotopic (exact) mass is 503 g/mol. The van der Waals surface area contributed by atoms with Crippen LogP contribution in [0.1, 0.15) is 21.5 Å². The third-order valence-corrected chi connectivity index (χ3v) is 5.31. The number of rotatable bonds is 6. The number of halogens is 4.